The summed E-state index contributed by atoms with van der Waals surface area (Å²) in [4.78, 5) is 2.11. The zero-order chi connectivity index (χ0) is 11.4. The Balaban J connectivity index is 2.13. The van der Waals surface area contributed by atoms with E-state index in [1.807, 2.05) is 7.05 Å². The van der Waals surface area contributed by atoms with Crippen molar-refractivity contribution in [2.75, 3.05) is 19.6 Å². The standard InChI is InChI=1S/C14H16ClN/c1-16(11-15)9-8-12-6-7-13-4-2-3-5-14(13)10-12/h2-7,10H,8-9,11H2,1H3. The third-order valence-corrected chi connectivity index (χ3v) is 3.21. The van der Waals surface area contributed by atoms with Gasteiger partial charge in [0.15, 0.2) is 0 Å². The minimum atomic E-state index is 0.591. The Morgan fingerprint density at radius 2 is 1.81 bits per heavy atom. The second-order valence-corrected chi connectivity index (χ2v) is 4.37. The van der Waals surface area contributed by atoms with Crippen LogP contribution in [0.1, 0.15) is 5.56 Å². The molecule has 0 radical (unpaired) electrons. The summed E-state index contributed by atoms with van der Waals surface area (Å²) >= 11 is 5.74. The Morgan fingerprint density at radius 1 is 1.06 bits per heavy atom. The maximum atomic E-state index is 5.74. The highest BCUT2D eigenvalue weighted by Gasteiger charge is 1.99. The molecule has 0 aromatic heterocycles. The highest BCUT2D eigenvalue weighted by Crippen LogP contribution is 2.16. The Labute approximate surface area is 102 Å². The Hall–Kier alpha value is -1.05. The van der Waals surface area contributed by atoms with Crippen LogP contribution in [0.2, 0.25) is 0 Å². The van der Waals surface area contributed by atoms with Crippen molar-refractivity contribution in [1.29, 1.82) is 0 Å². The molecule has 0 saturated carbocycles. The number of fused-ring (bicyclic) bond motifs is 1. The fourth-order valence-electron chi connectivity index (χ4n) is 1.77. The van der Waals surface area contributed by atoms with Gasteiger partial charge in [0.25, 0.3) is 0 Å². The maximum absolute atomic E-state index is 5.74. The first-order valence-electron chi connectivity index (χ1n) is 5.52. The molecule has 0 atom stereocenters. The Morgan fingerprint density at radius 3 is 2.56 bits per heavy atom. The molecule has 2 aromatic rings. The maximum Gasteiger partial charge on any atom is 0.0736 e. The number of halogens is 1. The first kappa shape index (κ1) is 11.4. The molecule has 0 spiro atoms. The smallest absolute Gasteiger partial charge is 0.0736 e. The van der Waals surface area contributed by atoms with Crippen molar-refractivity contribution in [2.45, 2.75) is 6.42 Å². The molecule has 0 bridgehead atoms. The number of likely N-dealkylation sites (N-methyl/N-ethyl adjacent to an activating group) is 1. The molecule has 16 heavy (non-hydrogen) atoms. The van der Waals surface area contributed by atoms with E-state index in [1.54, 1.807) is 0 Å². The van der Waals surface area contributed by atoms with Crippen LogP contribution in [-0.4, -0.2) is 24.5 Å². The van der Waals surface area contributed by atoms with Crippen LogP contribution in [0.15, 0.2) is 42.5 Å². The summed E-state index contributed by atoms with van der Waals surface area (Å²) in [6.45, 7) is 1.00. The first-order valence-corrected chi connectivity index (χ1v) is 6.05. The number of hydrogen-bond donors (Lipinski definition) is 0. The summed E-state index contributed by atoms with van der Waals surface area (Å²) < 4.78 is 0. The van der Waals surface area contributed by atoms with Crippen LogP contribution in [0, 0.1) is 0 Å². The summed E-state index contributed by atoms with van der Waals surface area (Å²) in [5.74, 6) is 0. The van der Waals surface area contributed by atoms with Crippen molar-refractivity contribution in [1.82, 2.24) is 4.90 Å². The van der Waals surface area contributed by atoms with Gasteiger partial charge in [-0.15, -0.1) is 11.6 Å². The van der Waals surface area contributed by atoms with Gasteiger partial charge in [0.05, 0.1) is 6.00 Å². The molecule has 0 saturated heterocycles. The van der Waals surface area contributed by atoms with E-state index in [4.69, 9.17) is 11.6 Å². The number of rotatable bonds is 4. The van der Waals surface area contributed by atoms with E-state index in [-0.39, 0.29) is 0 Å². The van der Waals surface area contributed by atoms with Crippen molar-refractivity contribution >= 4 is 22.4 Å². The molecule has 0 N–H and O–H groups in total. The minimum Gasteiger partial charge on any atom is -0.293 e. The van der Waals surface area contributed by atoms with E-state index >= 15 is 0 Å². The van der Waals surface area contributed by atoms with Crippen molar-refractivity contribution in [2.24, 2.45) is 0 Å². The van der Waals surface area contributed by atoms with Crippen LogP contribution >= 0.6 is 11.6 Å². The van der Waals surface area contributed by atoms with Crippen LogP contribution < -0.4 is 0 Å². The number of nitrogens with zero attached hydrogens (tertiary/aromatic N) is 1. The van der Waals surface area contributed by atoms with Crippen LogP contribution in [0.25, 0.3) is 10.8 Å². The van der Waals surface area contributed by atoms with Crippen LogP contribution in [-0.2, 0) is 6.42 Å². The molecule has 0 aliphatic carbocycles. The zero-order valence-corrected chi connectivity index (χ0v) is 10.2. The summed E-state index contributed by atoms with van der Waals surface area (Å²) in [6.07, 6.45) is 1.05. The van der Waals surface area contributed by atoms with Crippen molar-refractivity contribution in [3.63, 3.8) is 0 Å². The van der Waals surface area contributed by atoms with Gasteiger partial charge in [-0.1, -0.05) is 42.5 Å². The SMILES string of the molecule is CN(CCl)CCc1ccc2ccccc2c1. The molecular weight excluding hydrogens is 218 g/mol. The fraction of sp³-hybridized carbons (Fsp3) is 0.286. The Bertz CT molecular complexity index is 467. The first-order chi connectivity index (χ1) is 7.79. The molecule has 0 aliphatic heterocycles. The normalized spacial score (nSPS) is 11.2. The third kappa shape index (κ3) is 2.75. The lowest BCUT2D eigenvalue weighted by Crippen LogP contribution is -2.19. The largest absolute Gasteiger partial charge is 0.293 e. The lowest BCUT2D eigenvalue weighted by atomic mass is 10.1. The van der Waals surface area contributed by atoms with Crippen LogP contribution in [0.3, 0.4) is 0 Å². The zero-order valence-electron chi connectivity index (χ0n) is 9.49. The van der Waals surface area contributed by atoms with Crippen LogP contribution in [0.5, 0.6) is 0 Å². The molecule has 84 valence electrons. The molecular formula is C14H16ClN. The average Bonchev–Trinajstić information content (AvgIpc) is 2.35. The number of alkyl halides is 1. The van der Waals surface area contributed by atoms with Crippen LogP contribution in [0.4, 0.5) is 0 Å². The third-order valence-electron chi connectivity index (χ3n) is 2.80. The highest BCUT2D eigenvalue weighted by atomic mass is 35.5. The van der Waals surface area contributed by atoms with E-state index in [2.05, 4.69) is 47.4 Å². The van der Waals surface area contributed by atoms with Crippen molar-refractivity contribution in [3.8, 4) is 0 Å². The number of hydrogen-bond acceptors (Lipinski definition) is 1. The summed E-state index contributed by atoms with van der Waals surface area (Å²) in [5, 5.41) is 2.62. The molecule has 2 aromatic carbocycles. The van der Waals surface area contributed by atoms with Gasteiger partial charge in [0.1, 0.15) is 0 Å². The lowest BCUT2D eigenvalue weighted by Gasteiger charge is -2.12. The van der Waals surface area contributed by atoms with E-state index in [9.17, 15) is 0 Å². The van der Waals surface area contributed by atoms with Crippen molar-refractivity contribution < 1.29 is 0 Å². The predicted molar refractivity (Wildman–Crippen MR) is 71.0 cm³/mol. The lowest BCUT2D eigenvalue weighted by molar-refractivity contribution is 0.394. The van der Waals surface area contributed by atoms with Crippen molar-refractivity contribution in [3.05, 3.63) is 48.0 Å². The molecule has 1 nitrogen and oxygen atoms in total. The molecule has 0 heterocycles. The van der Waals surface area contributed by atoms with Gasteiger partial charge in [-0.2, -0.15) is 0 Å². The van der Waals surface area contributed by atoms with Gasteiger partial charge in [0, 0.05) is 6.54 Å². The molecule has 0 fully saturated rings. The molecule has 0 aliphatic rings. The summed E-state index contributed by atoms with van der Waals surface area (Å²) in [6, 6.07) is 15.7. The topological polar surface area (TPSA) is 3.24 Å². The second kappa shape index (κ2) is 5.33. The minimum absolute atomic E-state index is 0.591. The fourth-order valence-corrected chi connectivity index (χ4v) is 1.89. The quantitative estimate of drug-likeness (QED) is 0.577. The van der Waals surface area contributed by atoms with Gasteiger partial charge in [-0.25, -0.2) is 0 Å². The summed E-state index contributed by atoms with van der Waals surface area (Å²) in [7, 11) is 2.04. The van der Waals surface area contributed by atoms with Gasteiger partial charge in [0.2, 0.25) is 0 Å². The summed E-state index contributed by atoms with van der Waals surface area (Å²) in [5.41, 5.74) is 1.37. The molecule has 2 rings (SSSR count). The van der Waals surface area contributed by atoms with E-state index in [0.29, 0.717) is 6.00 Å². The van der Waals surface area contributed by atoms with E-state index in [1.165, 1.54) is 16.3 Å². The van der Waals surface area contributed by atoms with E-state index < -0.39 is 0 Å². The van der Waals surface area contributed by atoms with Gasteiger partial charge in [-0.3, -0.25) is 4.90 Å². The van der Waals surface area contributed by atoms with Gasteiger partial charge in [-0.05, 0) is 29.8 Å². The van der Waals surface area contributed by atoms with Gasteiger partial charge >= 0.3 is 0 Å². The second-order valence-electron chi connectivity index (χ2n) is 4.13. The predicted octanol–water partition coefficient (Wildman–Crippen LogP) is 3.51. The van der Waals surface area contributed by atoms with Gasteiger partial charge < -0.3 is 0 Å². The molecule has 0 amide bonds. The molecule has 0 unspecified atom stereocenters. The average molecular weight is 234 g/mol. The monoisotopic (exact) mass is 233 g/mol. The number of benzene rings is 2. The Kier molecular flexibility index (Phi) is 3.81. The van der Waals surface area contributed by atoms with E-state index in [0.717, 1.165) is 13.0 Å². The molecule has 2 heteroatoms. The highest BCUT2D eigenvalue weighted by molar-refractivity contribution is 6.17.